The lowest BCUT2D eigenvalue weighted by molar-refractivity contribution is -0.148. The van der Waals surface area contributed by atoms with Gasteiger partial charge in [0.2, 0.25) is 0 Å². The smallest absolute Gasteiger partial charge is 0.310 e. The van der Waals surface area contributed by atoms with Gasteiger partial charge in [0.25, 0.3) is 5.91 Å². The van der Waals surface area contributed by atoms with Crippen LogP contribution in [0.15, 0.2) is 54.6 Å². The minimum atomic E-state index is -0.375. The molecule has 1 saturated carbocycles. The molecular formula is C24H29NO3. The largest absolute Gasteiger partial charge is 0.455 e. The Hall–Kier alpha value is -2.62. The average Bonchev–Trinajstić information content (AvgIpc) is 2.70. The molecule has 0 spiro atoms. The van der Waals surface area contributed by atoms with Crippen LogP contribution in [0.5, 0.6) is 0 Å². The Balaban J connectivity index is 1.41. The summed E-state index contributed by atoms with van der Waals surface area (Å²) in [5.41, 5.74) is 3.13. The van der Waals surface area contributed by atoms with Crippen LogP contribution in [-0.4, -0.2) is 24.5 Å². The van der Waals surface area contributed by atoms with Crippen molar-refractivity contribution in [1.29, 1.82) is 0 Å². The lowest BCUT2D eigenvalue weighted by atomic mass is 9.97. The molecule has 0 aliphatic heterocycles. The van der Waals surface area contributed by atoms with Crippen molar-refractivity contribution in [1.82, 2.24) is 5.32 Å². The second kappa shape index (κ2) is 10.6. The summed E-state index contributed by atoms with van der Waals surface area (Å²) >= 11 is 0. The molecule has 0 radical (unpaired) electrons. The van der Waals surface area contributed by atoms with Crippen LogP contribution >= 0.6 is 0 Å². The molecule has 148 valence electrons. The Bertz CT molecular complexity index is 747. The normalized spacial score (nSPS) is 15.3. The van der Waals surface area contributed by atoms with Crippen molar-refractivity contribution < 1.29 is 14.3 Å². The van der Waals surface area contributed by atoms with Crippen molar-refractivity contribution >= 4 is 11.9 Å². The fourth-order valence-corrected chi connectivity index (χ4v) is 3.68. The third-order valence-electron chi connectivity index (χ3n) is 5.24. The maximum Gasteiger partial charge on any atom is 0.310 e. The molecule has 4 nitrogen and oxygen atoms in total. The van der Waals surface area contributed by atoms with Gasteiger partial charge in [-0.1, -0.05) is 86.7 Å². The first kappa shape index (κ1) is 20.1. The number of carbonyl (C=O) groups excluding carboxylic acids is 2. The zero-order chi connectivity index (χ0) is 19.6. The number of benzene rings is 2. The predicted octanol–water partition coefficient (Wildman–Crippen LogP) is 4.67. The van der Waals surface area contributed by atoms with Crippen LogP contribution in [0.3, 0.4) is 0 Å². The molecular weight excluding hydrogens is 350 g/mol. The highest BCUT2D eigenvalue weighted by molar-refractivity contribution is 5.81. The maximum absolute atomic E-state index is 12.1. The molecule has 0 heterocycles. The van der Waals surface area contributed by atoms with Gasteiger partial charge in [-0.25, -0.2) is 0 Å². The molecule has 1 fully saturated rings. The summed E-state index contributed by atoms with van der Waals surface area (Å²) in [7, 11) is 0. The Morgan fingerprint density at radius 3 is 2.11 bits per heavy atom. The lowest BCUT2D eigenvalue weighted by Gasteiger charge is -2.20. The fraction of sp³-hybridized carbons (Fsp3) is 0.417. The fourth-order valence-electron chi connectivity index (χ4n) is 3.68. The highest BCUT2D eigenvalue weighted by Gasteiger charge is 2.15. The third kappa shape index (κ3) is 6.52. The molecule has 1 N–H and O–H groups in total. The van der Waals surface area contributed by atoms with E-state index < -0.39 is 0 Å². The molecule has 0 atom stereocenters. The molecule has 0 bridgehead atoms. The monoisotopic (exact) mass is 379 g/mol. The third-order valence-corrected chi connectivity index (χ3v) is 5.24. The zero-order valence-electron chi connectivity index (χ0n) is 16.4. The Kier molecular flexibility index (Phi) is 7.65. The van der Waals surface area contributed by atoms with Gasteiger partial charge in [-0.2, -0.15) is 0 Å². The van der Waals surface area contributed by atoms with Crippen molar-refractivity contribution in [3.63, 3.8) is 0 Å². The maximum atomic E-state index is 12.1. The van der Waals surface area contributed by atoms with Gasteiger partial charge in [-0.15, -0.1) is 0 Å². The number of nitrogens with one attached hydrogen (secondary N) is 1. The zero-order valence-corrected chi connectivity index (χ0v) is 16.4. The summed E-state index contributed by atoms with van der Waals surface area (Å²) in [6.45, 7) is -0.197. The number of amides is 1. The molecule has 1 aliphatic rings. The molecule has 1 amide bonds. The first-order valence-electron chi connectivity index (χ1n) is 10.3. The molecule has 0 saturated heterocycles. The quantitative estimate of drug-likeness (QED) is 0.742. The Morgan fingerprint density at radius 1 is 0.821 bits per heavy atom. The highest BCUT2D eigenvalue weighted by Crippen LogP contribution is 2.19. The lowest BCUT2D eigenvalue weighted by Crippen LogP contribution is -2.38. The summed E-state index contributed by atoms with van der Waals surface area (Å²) in [4.78, 5) is 24.1. The molecule has 1 aliphatic carbocycles. The van der Waals surface area contributed by atoms with Gasteiger partial charge in [-0.3, -0.25) is 9.59 Å². The molecule has 2 aromatic carbocycles. The van der Waals surface area contributed by atoms with Crippen LogP contribution in [0.4, 0.5) is 0 Å². The summed E-state index contributed by atoms with van der Waals surface area (Å²) in [5, 5.41) is 3.02. The number of ether oxygens (including phenoxy) is 1. The van der Waals surface area contributed by atoms with Crippen molar-refractivity contribution in [3.05, 3.63) is 60.2 Å². The van der Waals surface area contributed by atoms with E-state index in [4.69, 9.17) is 4.74 Å². The van der Waals surface area contributed by atoms with Crippen molar-refractivity contribution in [2.24, 2.45) is 0 Å². The topological polar surface area (TPSA) is 55.4 Å². The van der Waals surface area contributed by atoms with Gasteiger partial charge in [-0.05, 0) is 29.5 Å². The van der Waals surface area contributed by atoms with Crippen LogP contribution in [0.1, 0.15) is 50.5 Å². The van der Waals surface area contributed by atoms with Crippen LogP contribution in [-0.2, 0) is 20.7 Å². The first-order chi connectivity index (χ1) is 13.7. The van der Waals surface area contributed by atoms with E-state index in [0.29, 0.717) is 0 Å². The molecule has 0 unspecified atom stereocenters. The second-order valence-corrected chi connectivity index (χ2v) is 7.51. The van der Waals surface area contributed by atoms with E-state index in [-0.39, 0.29) is 30.9 Å². The molecule has 4 heteroatoms. The van der Waals surface area contributed by atoms with Gasteiger partial charge in [0.15, 0.2) is 6.61 Å². The van der Waals surface area contributed by atoms with E-state index in [1.54, 1.807) is 0 Å². The van der Waals surface area contributed by atoms with E-state index in [9.17, 15) is 9.59 Å². The number of esters is 1. The van der Waals surface area contributed by atoms with E-state index in [1.807, 2.05) is 42.5 Å². The average molecular weight is 380 g/mol. The standard InChI is InChI=1S/C24H29NO3/c26-23(25-22-11-7-2-1-3-8-12-22)18-28-24(27)17-19-13-15-21(16-14-19)20-9-5-4-6-10-20/h4-6,9-10,13-16,22H,1-3,7-8,11-12,17-18H2,(H,25,26). The van der Waals surface area contributed by atoms with Crippen molar-refractivity contribution in [3.8, 4) is 11.1 Å². The second-order valence-electron chi connectivity index (χ2n) is 7.51. The summed E-state index contributed by atoms with van der Waals surface area (Å²) in [5.74, 6) is -0.571. The molecule has 0 aromatic heterocycles. The van der Waals surface area contributed by atoms with E-state index in [0.717, 1.165) is 42.4 Å². The predicted molar refractivity (Wildman–Crippen MR) is 111 cm³/mol. The van der Waals surface area contributed by atoms with Crippen LogP contribution in [0.25, 0.3) is 11.1 Å². The molecule has 28 heavy (non-hydrogen) atoms. The highest BCUT2D eigenvalue weighted by atomic mass is 16.5. The van der Waals surface area contributed by atoms with Crippen molar-refractivity contribution in [2.45, 2.75) is 57.4 Å². The molecule has 2 aromatic rings. The van der Waals surface area contributed by atoms with Crippen LogP contribution in [0.2, 0.25) is 0 Å². The first-order valence-corrected chi connectivity index (χ1v) is 10.3. The van der Waals surface area contributed by atoms with Gasteiger partial charge >= 0.3 is 5.97 Å². The van der Waals surface area contributed by atoms with Crippen LogP contribution < -0.4 is 5.32 Å². The van der Waals surface area contributed by atoms with Gasteiger partial charge in [0, 0.05) is 6.04 Å². The van der Waals surface area contributed by atoms with E-state index >= 15 is 0 Å². The minimum Gasteiger partial charge on any atom is -0.455 e. The minimum absolute atomic E-state index is 0.172. The number of rotatable bonds is 6. The van der Waals surface area contributed by atoms with Gasteiger partial charge in [0.05, 0.1) is 6.42 Å². The van der Waals surface area contributed by atoms with Gasteiger partial charge < -0.3 is 10.1 Å². The number of hydrogen-bond acceptors (Lipinski definition) is 3. The number of carbonyl (C=O) groups is 2. The summed E-state index contributed by atoms with van der Waals surface area (Å²) in [6.07, 6.45) is 8.31. The Labute approximate surface area is 167 Å². The molecule has 3 rings (SSSR count). The summed E-state index contributed by atoms with van der Waals surface area (Å²) in [6, 6.07) is 18.2. The number of hydrogen-bond donors (Lipinski definition) is 1. The van der Waals surface area contributed by atoms with E-state index in [1.165, 1.54) is 19.3 Å². The van der Waals surface area contributed by atoms with Crippen molar-refractivity contribution in [2.75, 3.05) is 6.61 Å². The Morgan fingerprint density at radius 2 is 1.43 bits per heavy atom. The van der Waals surface area contributed by atoms with E-state index in [2.05, 4.69) is 17.4 Å². The SMILES string of the molecule is O=C(COC(=O)Cc1ccc(-c2ccccc2)cc1)NC1CCCCCCC1. The summed E-state index contributed by atoms with van der Waals surface area (Å²) < 4.78 is 5.17. The van der Waals surface area contributed by atoms with Crippen LogP contribution in [0, 0.1) is 0 Å². The van der Waals surface area contributed by atoms with Gasteiger partial charge in [0.1, 0.15) is 0 Å².